The van der Waals surface area contributed by atoms with Gasteiger partial charge in [0.1, 0.15) is 5.69 Å². The van der Waals surface area contributed by atoms with Crippen LogP contribution in [-0.2, 0) is 7.05 Å². The van der Waals surface area contributed by atoms with Gasteiger partial charge in [-0.15, -0.1) is 0 Å². The molecule has 27 heavy (non-hydrogen) atoms. The average Bonchev–Trinajstić information content (AvgIpc) is 2.98. The predicted octanol–water partition coefficient (Wildman–Crippen LogP) is 5.95. The summed E-state index contributed by atoms with van der Waals surface area (Å²) in [5.41, 5.74) is 9.63. The summed E-state index contributed by atoms with van der Waals surface area (Å²) >= 11 is 0. The molecule has 0 aliphatic heterocycles. The molecule has 2 heteroatoms. The maximum Gasteiger partial charge on any atom is 0.287 e. The number of hydrogen-bond acceptors (Lipinski definition) is 1. The van der Waals surface area contributed by atoms with Crippen LogP contribution in [0.5, 0.6) is 0 Å². The highest BCUT2D eigenvalue weighted by Gasteiger charge is 2.32. The first-order valence-electron chi connectivity index (χ1n) is 10.1. The van der Waals surface area contributed by atoms with Crippen molar-refractivity contribution in [2.24, 2.45) is 12.5 Å². The van der Waals surface area contributed by atoms with E-state index in [2.05, 4.69) is 76.6 Å². The minimum Gasteiger partial charge on any atom is -0.232 e. The SMILES string of the molecule is Cc1cc(C)c(C)c(-c2c3ccc(C4CCC(C)(C)C4)cc3nc[n+]2C)c1. The number of hydrogen-bond donors (Lipinski definition) is 0. The molecule has 1 saturated carbocycles. The summed E-state index contributed by atoms with van der Waals surface area (Å²) in [5, 5.41) is 1.24. The summed E-state index contributed by atoms with van der Waals surface area (Å²) in [7, 11) is 2.10. The van der Waals surface area contributed by atoms with Gasteiger partial charge in [-0.25, -0.2) is 4.57 Å². The number of benzene rings is 2. The van der Waals surface area contributed by atoms with Crippen molar-refractivity contribution in [3.63, 3.8) is 0 Å². The fourth-order valence-corrected chi connectivity index (χ4v) is 4.85. The highest BCUT2D eigenvalue weighted by molar-refractivity contribution is 5.92. The van der Waals surface area contributed by atoms with Gasteiger partial charge in [0.05, 0.1) is 12.4 Å². The Hall–Kier alpha value is -2.22. The molecule has 1 unspecified atom stereocenters. The molecule has 140 valence electrons. The van der Waals surface area contributed by atoms with Gasteiger partial charge in [0.2, 0.25) is 0 Å². The standard InChI is InChI=1S/C25H31N2/c1-16-11-17(2)18(3)22(12-16)24-21-8-7-19(13-23(21)26-15-27(24)6)20-9-10-25(4,5)14-20/h7-8,11-13,15,20H,9-10,14H2,1-6H3/q+1. The number of aryl methyl sites for hydroxylation is 3. The van der Waals surface area contributed by atoms with Crippen LogP contribution in [-0.4, -0.2) is 4.98 Å². The van der Waals surface area contributed by atoms with E-state index in [0.717, 1.165) is 5.52 Å². The van der Waals surface area contributed by atoms with Gasteiger partial charge in [0.15, 0.2) is 5.52 Å². The fourth-order valence-electron chi connectivity index (χ4n) is 4.85. The Labute approximate surface area is 163 Å². The smallest absolute Gasteiger partial charge is 0.232 e. The summed E-state index contributed by atoms with van der Waals surface area (Å²) in [6.45, 7) is 11.4. The van der Waals surface area contributed by atoms with Gasteiger partial charge in [-0.1, -0.05) is 31.5 Å². The van der Waals surface area contributed by atoms with Crippen molar-refractivity contribution in [2.75, 3.05) is 0 Å². The second-order valence-corrected chi connectivity index (χ2v) is 9.34. The van der Waals surface area contributed by atoms with Gasteiger partial charge in [-0.2, -0.15) is 0 Å². The van der Waals surface area contributed by atoms with Gasteiger partial charge in [0.25, 0.3) is 6.33 Å². The Morgan fingerprint density at radius 3 is 2.56 bits per heavy atom. The highest BCUT2D eigenvalue weighted by Crippen LogP contribution is 2.46. The van der Waals surface area contributed by atoms with Crippen molar-refractivity contribution < 1.29 is 4.57 Å². The molecular weight excluding hydrogens is 328 g/mol. The molecule has 0 radical (unpaired) electrons. The first-order valence-corrected chi connectivity index (χ1v) is 10.1. The van der Waals surface area contributed by atoms with Crippen molar-refractivity contribution in [1.29, 1.82) is 0 Å². The average molecular weight is 360 g/mol. The van der Waals surface area contributed by atoms with E-state index in [0.29, 0.717) is 11.3 Å². The first kappa shape index (κ1) is 18.2. The van der Waals surface area contributed by atoms with Crippen LogP contribution in [0.4, 0.5) is 0 Å². The molecule has 2 nitrogen and oxygen atoms in total. The van der Waals surface area contributed by atoms with E-state index >= 15 is 0 Å². The molecule has 0 N–H and O–H groups in total. The molecule has 0 spiro atoms. The summed E-state index contributed by atoms with van der Waals surface area (Å²) in [4.78, 5) is 4.77. The lowest BCUT2D eigenvalue weighted by atomic mass is 9.88. The van der Waals surface area contributed by atoms with E-state index in [-0.39, 0.29) is 0 Å². The van der Waals surface area contributed by atoms with Crippen molar-refractivity contribution in [3.8, 4) is 11.3 Å². The van der Waals surface area contributed by atoms with Crippen LogP contribution in [0.25, 0.3) is 22.2 Å². The maximum atomic E-state index is 4.77. The van der Waals surface area contributed by atoms with Crippen molar-refractivity contribution in [2.45, 2.75) is 59.8 Å². The Kier molecular flexibility index (Phi) is 4.33. The molecule has 1 fully saturated rings. The molecule has 1 aromatic heterocycles. The molecule has 4 rings (SSSR count). The summed E-state index contributed by atoms with van der Waals surface area (Å²) in [6, 6.07) is 11.6. The summed E-state index contributed by atoms with van der Waals surface area (Å²) < 4.78 is 2.17. The molecule has 1 atom stereocenters. The summed E-state index contributed by atoms with van der Waals surface area (Å²) in [5.74, 6) is 0.673. The molecule has 1 heterocycles. The van der Waals surface area contributed by atoms with E-state index in [1.54, 1.807) is 0 Å². The van der Waals surface area contributed by atoms with Gasteiger partial charge in [-0.3, -0.25) is 0 Å². The molecular formula is C25H31N2+. The molecule has 1 aliphatic carbocycles. The second-order valence-electron chi connectivity index (χ2n) is 9.34. The number of rotatable bonds is 2. The second kappa shape index (κ2) is 6.44. The van der Waals surface area contributed by atoms with Gasteiger partial charge in [-0.05, 0) is 91.2 Å². The lowest BCUT2D eigenvalue weighted by molar-refractivity contribution is -0.662. The van der Waals surface area contributed by atoms with Crippen LogP contribution in [0.3, 0.4) is 0 Å². The Bertz CT molecular complexity index is 1030. The molecule has 0 bridgehead atoms. The third-order valence-electron chi connectivity index (χ3n) is 6.51. The van der Waals surface area contributed by atoms with Gasteiger partial charge < -0.3 is 0 Å². The molecule has 2 aromatic carbocycles. The topological polar surface area (TPSA) is 16.8 Å². The lowest BCUT2D eigenvalue weighted by Crippen LogP contribution is -2.32. The van der Waals surface area contributed by atoms with Crippen LogP contribution in [0, 0.1) is 26.2 Å². The number of fused-ring (bicyclic) bond motifs is 1. The zero-order valence-corrected chi connectivity index (χ0v) is 17.6. The van der Waals surface area contributed by atoms with E-state index < -0.39 is 0 Å². The summed E-state index contributed by atoms with van der Waals surface area (Å²) in [6.07, 6.45) is 5.86. The van der Waals surface area contributed by atoms with E-state index in [1.165, 1.54) is 58.2 Å². The maximum absolute atomic E-state index is 4.77. The van der Waals surface area contributed by atoms with Crippen molar-refractivity contribution in [3.05, 3.63) is 58.9 Å². The van der Waals surface area contributed by atoms with Crippen LogP contribution >= 0.6 is 0 Å². The molecule has 1 aliphatic rings. The lowest BCUT2D eigenvalue weighted by Gasteiger charge is -2.17. The van der Waals surface area contributed by atoms with E-state index in [4.69, 9.17) is 4.98 Å². The van der Waals surface area contributed by atoms with E-state index in [1.807, 2.05) is 6.33 Å². The van der Waals surface area contributed by atoms with Crippen LogP contribution in [0.2, 0.25) is 0 Å². The third kappa shape index (κ3) is 3.26. The Morgan fingerprint density at radius 2 is 1.85 bits per heavy atom. The van der Waals surface area contributed by atoms with Crippen LogP contribution < -0.4 is 4.57 Å². The largest absolute Gasteiger partial charge is 0.287 e. The minimum absolute atomic E-state index is 0.470. The predicted molar refractivity (Wildman–Crippen MR) is 113 cm³/mol. The van der Waals surface area contributed by atoms with Crippen molar-refractivity contribution >= 4 is 10.9 Å². The van der Waals surface area contributed by atoms with Gasteiger partial charge in [0, 0.05) is 5.56 Å². The molecule has 0 amide bonds. The van der Waals surface area contributed by atoms with E-state index in [9.17, 15) is 0 Å². The highest BCUT2D eigenvalue weighted by atomic mass is 15.0. The number of aromatic nitrogens is 2. The van der Waals surface area contributed by atoms with Crippen molar-refractivity contribution in [1.82, 2.24) is 4.98 Å². The normalized spacial score (nSPS) is 19.0. The van der Waals surface area contributed by atoms with Crippen LogP contribution in [0.15, 0.2) is 36.7 Å². The minimum atomic E-state index is 0.470. The third-order valence-corrected chi connectivity index (χ3v) is 6.51. The molecule has 3 aromatic rings. The monoisotopic (exact) mass is 359 g/mol. The quantitative estimate of drug-likeness (QED) is 0.517. The van der Waals surface area contributed by atoms with Gasteiger partial charge >= 0.3 is 0 Å². The number of nitrogens with zero attached hydrogens (tertiary/aromatic N) is 2. The zero-order chi connectivity index (χ0) is 19.3. The fraction of sp³-hybridized carbons (Fsp3) is 0.440. The van der Waals surface area contributed by atoms with Crippen LogP contribution in [0.1, 0.15) is 61.3 Å². The first-order chi connectivity index (χ1) is 12.7. The Balaban J connectivity index is 1.87. The Morgan fingerprint density at radius 1 is 1.07 bits per heavy atom. The molecule has 0 saturated heterocycles. The zero-order valence-electron chi connectivity index (χ0n) is 17.6.